The van der Waals surface area contributed by atoms with Crippen molar-refractivity contribution in [3.05, 3.63) is 60.2 Å². The van der Waals surface area contributed by atoms with E-state index < -0.39 is 0 Å². The molecule has 1 fully saturated rings. The van der Waals surface area contributed by atoms with Crippen LogP contribution in [0.4, 0.5) is 0 Å². The van der Waals surface area contributed by atoms with Gasteiger partial charge in [0.2, 0.25) is 0 Å². The van der Waals surface area contributed by atoms with Gasteiger partial charge in [-0.15, -0.1) is 12.4 Å². The molecule has 0 spiro atoms. The monoisotopic (exact) mass is 303 g/mol. The first-order chi connectivity index (χ1) is 9.92. The number of rotatable bonds is 4. The van der Waals surface area contributed by atoms with Gasteiger partial charge in [-0.25, -0.2) is 0 Å². The Morgan fingerprint density at radius 2 is 1.48 bits per heavy atom. The van der Waals surface area contributed by atoms with Crippen molar-refractivity contribution in [2.24, 2.45) is 0 Å². The molecule has 1 aliphatic heterocycles. The van der Waals surface area contributed by atoms with Gasteiger partial charge < -0.3 is 10.1 Å². The molecule has 0 amide bonds. The molecule has 0 saturated carbocycles. The molecular formula is C18H22ClNO. The standard InChI is InChI=1S/C18H21NO.ClH/c1-2-4-16(5-3-1)17-8-6-15(7-9-17)14-20-18-10-12-19-13-11-18;/h1-9,18-19H,10-14H2;1H. The number of benzene rings is 2. The Morgan fingerprint density at radius 3 is 2.14 bits per heavy atom. The molecule has 0 aromatic heterocycles. The fraction of sp³-hybridized carbons (Fsp3) is 0.333. The van der Waals surface area contributed by atoms with Crippen LogP contribution in [-0.2, 0) is 11.3 Å². The van der Waals surface area contributed by atoms with Crippen molar-refractivity contribution >= 4 is 12.4 Å². The summed E-state index contributed by atoms with van der Waals surface area (Å²) in [5.74, 6) is 0. The average molecular weight is 304 g/mol. The maximum absolute atomic E-state index is 5.97. The second-order valence-electron chi connectivity index (χ2n) is 5.32. The lowest BCUT2D eigenvalue weighted by atomic mass is 10.0. The molecule has 0 radical (unpaired) electrons. The maximum atomic E-state index is 5.97. The fourth-order valence-corrected chi connectivity index (χ4v) is 2.60. The molecule has 3 heteroatoms. The molecule has 2 aromatic rings. The molecule has 112 valence electrons. The molecule has 3 rings (SSSR count). The van der Waals surface area contributed by atoms with Gasteiger partial charge in [0.25, 0.3) is 0 Å². The van der Waals surface area contributed by atoms with E-state index in [1.807, 2.05) is 6.07 Å². The number of ether oxygens (including phenoxy) is 1. The minimum atomic E-state index is 0. The van der Waals surface area contributed by atoms with Crippen LogP contribution in [0.2, 0.25) is 0 Å². The summed E-state index contributed by atoms with van der Waals surface area (Å²) >= 11 is 0. The highest BCUT2D eigenvalue weighted by Gasteiger charge is 2.12. The Balaban J connectivity index is 0.00000161. The van der Waals surface area contributed by atoms with Crippen molar-refractivity contribution in [2.45, 2.75) is 25.6 Å². The van der Waals surface area contributed by atoms with Gasteiger partial charge in [-0.3, -0.25) is 0 Å². The van der Waals surface area contributed by atoms with E-state index in [9.17, 15) is 0 Å². The molecule has 0 unspecified atom stereocenters. The van der Waals surface area contributed by atoms with Gasteiger partial charge in [0.05, 0.1) is 12.7 Å². The number of halogens is 1. The van der Waals surface area contributed by atoms with Gasteiger partial charge in [-0.2, -0.15) is 0 Å². The molecule has 0 bridgehead atoms. The summed E-state index contributed by atoms with van der Waals surface area (Å²) in [5.41, 5.74) is 3.78. The maximum Gasteiger partial charge on any atom is 0.0720 e. The van der Waals surface area contributed by atoms with Crippen molar-refractivity contribution in [1.82, 2.24) is 5.32 Å². The van der Waals surface area contributed by atoms with Crippen LogP contribution in [0.3, 0.4) is 0 Å². The van der Waals surface area contributed by atoms with Crippen molar-refractivity contribution in [3.8, 4) is 11.1 Å². The average Bonchev–Trinajstić information content (AvgIpc) is 2.55. The second kappa shape index (κ2) is 8.18. The van der Waals surface area contributed by atoms with Crippen LogP contribution < -0.4 is 5.32 Å². The summed E-state index contributed by atoms with van der Waals surface area (Å²) in [6.07, 6.45) is 2.68. The highest BCUT2D eigenvalue weighted by atomic mass is 35.5. The number of nitrogens with one attached hydrogen (secondary N) is 1. The SMILES string of the molecule is Cl.c1ccc(-c2ccc(COC3CCNCC3)cc2)cc1. The number of piperidine rings is 1. The zero-order valence-electron chi connectivity index (χ0n) is 12.1. The molecule has 1 saturated heterocycles. The van der Waals surface area contributed by atoms with E-state index in [1.54, 1.807) is 0 Å². The van der Waals surface area contributed by atoms with Crippen LogP contribution in [0.25, 0.3) is 11.1 Å². The summed E-state index contributed by atoms with van der Waals surface area (Å²) in [4.78, 5) is 0. The van der Waals surface area contributed by atoms with E-state index in [-0.39, 0.29) is 12.4 Å². The Labute approximate surface area is 132 Å². The lowest BCUT2D eigenvalue weighted by Gasteiger charge is -2.23. The van der Waals surface area contributed by atoms with Crippen LogP contribution in [0.5, 0.6) is 0 Å². The Kier molecular flexibility index (Phi) is 6.24. The summed E-state index contributed by atoms with van der Waals surface area (Å²) in [6.45, 7) is 2.88. The van der Waals surface area contributed by atoms with E-state index >= 15 is 0 Å². The lowest BCUT2D eigenvalue weighted by Crippen LogP contribution is -2.32. The Hall–Kier alpha value is -1.35. The minimum Gasteiger partial charge on any atom is -0.373 e. The van der Waals surface area contributed by atoms with E-state index in [1.165, 1.54) is 16.7 Å². The summed E-state index contributed by atoms with van der Waals surface area (Å²) < 4.78 is 5.97. The van der Waals surface area contributed by atoms with Gasteiger partial charge in [0.1, 0.15) is 0 Å². The molecule has 2 aromatic carbocycles. The first-order valence-electron chi connectivity index (χ1n) is 7.38. The zero-order chi connectivity index (χ0) is 13.6. The van der Waals surface area contributed by atoms with Crippen molar-refractivity contribution < 1.29 is 4.74 Å². The van der Waals surface area contributed by atoms with Crippen LogP contribution in [0.1, 0.15) is 18.4 Å². The molecule has 0 atom stereocenters. The third kappa shape index (κ3) is 4.57. The first kappa shape index (κ1) is 16.0. The van der Waals surface area contributed by atoms with Crippen LogP contribution in [0, 0.1) is 0 Å². The van der Waals surface area contributed by atoms with Gasteiger partial charge >= 0.3 is 0 Å². The third-order valence-corrected chi connectivity index (χ3v) is 3.83. The molecular weight excluding hydrogens is 282 g/mol. The van der Waals surface area contributed by atoms with Crippen LogP contribution >= 0.6 is 12.4 Å². The van der Waals surface area contributed by atoms with Crippen LogP contribution in [-0.4, -0.2) is 19.2 Å². The molecule has 1 aliphatic rings. The largest absolute Gasteiger partial charge is 0.373 e. The highest BCUT2D eigenvalue weighted by molar-refractivity contribution is 5.85. The highest BCUT2D eigenvalue weighted by Crippen LogP contribution is 2.20. The second-order valence-corrected chi connectivity index (χ2v) is 5.32. The predicted octanol–water partition coefficient (Wildman–Crippen LogP) is 4.04. The van der Waals surface area contributed by atoms with Gasteiger partial charge in [0, 0.05) is 0 Å². The molecule has 21 heavy (non-hydrogen) atoms. The quantitative estimate of drug-likeness (QED) is 0.920. The normalized spacial score (nSPS) is 15.4. The van der Waals surface area contributed by atoms with Crippen LogP contribution in [0.15, 0.2) is 54.6 Å². The van der Waals surface area contributed by atoms with E-state index in [2.05, 4.69) is 53.8 Å². The molecule has 0 aliphatic carbocycles. The fourth-order valence-electron chi connectivity index (χ4n) is 2.60. The smallest absolute Gasteiger partial charge is 0.0720 e. The van der Waals surface area contributed by atoms with E-state index in [0.717, 1.165) is 32.5 Å². The van der Waals surface area contributed by atoms with Crippen molar-refractivity contribution in [2.75, 3.05) is 13.1 Å². The van der Waals surface area contributed by atoms with Gasteiger partial charge in [0.15, 0.2) is 0 Å². The van der Waals surface area contributed by atoms with Gasteiger partial charge in [-0.1, -0.05) is 54.6 Å². The minimum absolute atomic E-state index is 0. The summed E-state index contributed by atoms with van der Waals surface area (Å²) in [5, 5.41) is 3.36. The molecule has 2 nitrogen and oxygen atoms in total. The Bertz CT molecular complexity index is 521. The first-order valence-corrected chi connectivity index (χ1v) is 7.38. The lowest BCUT2D eigenvalue weighted by molar-refractivity contribution is 0.0212. The predicted molar refractivity (Wildman–Crippen MR) is 89.8 cm³/mol. The topological polar surface area (TPSA) is 21.3 Å². The third-order valence-electron chi connectivity index (χ3n) is 3.83. The summed E-state index contributed by atoms with van der Waals surface area (Å²) in [6, 6.07) is 19.2. The summed E-state index contributed by atoms with van der Waals surface area (Å²) in [7, 11) is 0. The van der Waals surface area contributed by atoms with E-state index in [0.29, 0.717) is 6.10 Å². The zero-order valence-corrected chi connectivity index (χ0v) is 12.9. The van der Waals surface area contributed by atoms with Gasteiger partial charge in [-0.05, 0) is 42.6 Å². The van der Waals surface area contributed by atoms with Crippen molar-refractivity contribution in [3.63, 3.8) is 0 Å². The number of hydrogen-bond acceptors (Lipinski definition) is 2. The molecule has 1 heterocycles. The Morgan fingerprint density at radius 1 is 0.857 bits per heavy atom. The van der Waals surface area contributed by atoms with Crippen molar-refractivity contribution in [1.29, 1.82) is 0 Å². The molecule has 1 N–H and O–H groups in total. The van der Waals surface area contributed by atoms with E-state index in [4.69, 9.17) is 4.74 Å². The number of hydrogen-bond donors (Lipinski definition) is 1.